The molecule has 1 aromatic heterocycles. The molecule has 90 valence electrons. The van der Waals surface area contributed by atoms with Gasteiger partial charge < -0.3 is 24.8 Å². The van der Waals surface area contributed by atoms with Crippen LogP contribution in [0.1, 0.15) is 41.8 Å². The van der Waals surface area contributed by atoms with Gasteiger partial charge in [-0.3, -0.25) is 0 Å². The second kappa shape index (κ2) is 3.96. The third kappa shape index (κ3) is 1.93. The van der Waals surface area contributed by atoms with Gasteiger partial charge in [-0.05, 0) is 0 Å². The first-order chi connectivity index (χ1) is 7.77. The van der Waals surface area contributed by atoms with Crippen LogP contribution in [0, 0.1) is 0 Å². The van der Waals surface area contributed by atoms with Crippen LogP contribution in [0.5, 0.6) is 0 Å². The summed E-state index contributed by atoms with van der Waals surface area (Å²) in [4.78, 5) is 42.6. The van der Waals surface area contributed by atoms with Crippen LogP contribution in [0.4, 0.5) is 0 Å². The highest BCUT2D eigenvalue weighted by Gasteiger charge is 2.35. The number of carboxylic acids is 4. The highest BCUT2D eigenvalue weighted by atomic mass is 16.4. The molecule has 0 spiro atoms. The Balaban J connectivity index is 3.73. The van der Waals surface area contributed by atoms with E-state index in [9.17, 15) is 19.2 Å². The molecule has 9 nitrogen and oxygen atoms in total. The monoisotopic (exact) mass is 244 g/mol. The molecule has 0 aliphatic rings. The van der Waals surface area contributed by atoms with Gasteiger partial charge in [-0.25, -0.2) is 19.2 Å². The van der Waals surface area contributed by atoms with Crippen molar-refractivity contribution < 1.29 is 44.0 Å². The highest BCUT2D eigenvalue weighted by molar-refractivity contribution is 6.12. The van der Waals surface area contributed by atoms with Crippen molar-refractivity contribution in [2.24, 2.45) is 0 Å². The van der Waals surface area contributed by atoms with Crippen molar-refractivity contribution in [2.75, 3.05) is 0 Å². The molecule has 0 aliphatic carbocycles. The first kappa shape index (κ1) is 12.2. The molecule has 9 heteroatoms. The number of carbonyl (C=O) groups is 4. The maximum Gasteiger partial charge on any atom is 0.372 e. The Hall–Kier alpha value is -2.84. The SMILES string of the molecule is O=C(O)c1oc(C(=O)O)c(C(=O)O)c1C(=O)O. The summed E-state index contributed by atoms with van der Waals surface area (Å²) < 4.78 is 4.23. The van der Waals surface area contributed by atoms with Crippen LogP contribution in [0.15, 0.2) is 4.42 Å². The number of aromatic carboxylic acids is 4. The molecular weight excluding hydrogens is 240 g/mol. The molecule has 0 unspecified atom stereocenters. The van der Waals surface area contributed by atoms with E-state index >= 15 is 0 Å². The van der Waals surface area contributed by atoms with Crippen molar-refractivity contribution >= 4 is 23.9 Å². The Labute approximate surface area is 91.5 Å². The van der Waals surface area contributed by atoms with Gasteiger partial charge in [-0.2, -0.15) is 0 Å². The summed E-state index contributed by atoms with van der Waals surface area (Å²) in [7, 11) is 0. The third-order valence-corrected chi connectivity index (χ3v) is 1.72. The van der Waals surface area contributed by atoms with Gasteiger partial charge in [-0.1, -0.05) is 0 Å². The minimum Gasteiger partial charge on any atom is -0.478 e. The Kier molecular flexibility index (Phi) is 2.85. The van der Waals surface area contributed by atoms with Gasteiger partial charge in [0.2, 0.25) is 11.5 Å². The first-order valence-electron chi connectivity index (χ1n) is 3.87. The lowest BCUT2D eigenvalue weighted by molar-refractivity contribution is 0.0604. The third-order valence-electron chi connectivity index (χ3n) is 1.72. The summed E-state index contributed by atoms with van der Waals surface area (Å²) in [6, 6.07) is 0. The fourth-order valence-corrected chi connectivity index (χ4v) is 1.14. The zero-order valence-electron chi connectivity index (χ0n) is 7.83. The van der Waals surface area contributed by atoms with Crippen LogP contribution in [0.25, 0.3) is 0 Å². The van der Waals surface area contributed by atoms with E-state index in [0.717, 1.165) is 0 Å². The van der Waals surface area contributed by atoms with E-state index < -0.39 is 46.5 Å². The molecule has 1 aromatic rings. The smallest absolute Gasteiger partial charge is 0.372 e. The largest absolute Gasteiger partial charge is 0.478 e. The Morgan fingerprint density at radius 2 is 0.941 bits per heavy atom. The predicted octanol–water partition coefficient (Wildman–Crippen LogP) is 0.0724. The molecule has 0 amide bonds. The summed E-state index contributed by atoms with van der Waals surface area (Å²) >= 11 is 0. The summed E-state index contributed by atoms with van der Waals surface area (Å²) in [5.41, 5.74) is -2.41. The summed E-state index contributed by atoms with van der Waals surface area (Å²) in [6.45, 7) is 0. The second-order valence-corrected chi connectivity index (χ2v) is 2.73. The van der Waals surface area contributed by atoms with E-state index in [1.54, 1.807) is 0 Å². The van der Waals surface area contributed by atoms with E-state index in [1.807, 2.05) is 0 Å². The molecule has 1 rings (SSSR count). The maximum atomic E-state index is 10.7. The Morgan fingerprint density at radius 1 is 0.647 bits per heavy atom. The average Bonchev–Trinajstić information content (AvgIpc) is 2.56. The van der Waals surface area contributed by atoms with Crippen molar-refractivity contribution in [1.82, 2.24) is 0 Å². The normalized spacial score (nSPS) is 9.88. The van der Waals surface area contributed by atoms with Crippen molar-refractivity contribution in [1.29, 1.82) is 0 Å². The number of hydrogen-bond acceptors (Lipinski definition) is 5. The average molecular weight is 244 g/mol. The van der Waals surface area contributed by atoms with Crippen LogP contribution in [0.3, 0.4) is 0 Å². The lowest BCUT2D eigenvalue weighted by Crippen LogP contribution is -2.12. The van der Waals surface area contributed by atoms with Crippen molar-refractivity contribution in [3.8, 4) is 0 Å². The van der Waals surface area contributed by atoms with Gasteiger partial charge in [0, 0.05) is 0 Å². The molecular formula is C8H4O9. The van der Waals surface area contributed by atoms with E-state index in [0.29, 0.717) is 0 Å². The molecule has 17 heavy (non-hydrogen) atoms. The lowest BCUT2D eigenvalue weighted by Gasteiger charge is -1.93. The van der Waals surface area contributed by atoms with Gasteiger partial charge in [-0.15, -0.1) is 0 Å². The van der Waals surface area contributed by atoms with Gasteiger partial charge in [0.25, 0.3) is 0 Å². The van der Waals surface area contributed by atoms with Gasteiger partial charge in [0.05, 0.1) is 0 Å². The van der Waals surface area contributed by atoms with Crippen LogP contribution in [-0.4, -0.2) is 44.3 Å². The molecule has 1 heterocycles. The van der Waals surface area contributed by atoms with Crippen LogP contribution >= 0.6 is 0 Å². The quantitative estimate of drug-likeness (QED) is 0.573. The highest BCUT2D eigenvalue weighted by Crippen LogP contribution is 2.23. The molecule has 0 aromatic carbocycles. The van der Waals surface area contributed by atoms with E-state index in [4.69, 9.17) is 20.4 Å². The van der Waals surface area contributed by atoms with Crippen LogP contribution in [0.2, 0.25) is 0 Å². The molecule has 0 aliphatic heterocycles. The molecule has 0 radical (unpaired) electrons. The van der Waals surface area contributed by atoms with Crippen molar-refractivity contribution in [3.05, 3.63) is 22.6 Å². The standard InChI is InChI=1S/C8H4O9/c9-5(10)1-2(6(11)12)4(8(15)16)17-3(1)7(13)14/h(H,9,10)(H,11,12)(H,13,14)(H,15,16). The van der Waals surface area contributed by atoms with E-state index in [2.05, 4.69) is 4.42 Å². The molecule has 4 N–H and O–H groups in total. The first-order valence-corrected chi connectivity index (χ1v) is 3.87. The summed E-state index contributed by atoms with van der Waals surface area (Å²) in [6.07, 6.45) is 0. The number of rotatable bonds is 4. The van der Waals surface area contributed by atoms with Gasteiger partial charge >= 0.3 is 23.9 Å². The van der Waals surface area contributed by atoms with Gasteiger partial charge in [0.1, 0.15) is 11.1 Å². The van der Waals surface area contributed by atoms with Crippen LogP contribution in [-0.2, 0) is 0 Å². The predicted molar refractivity (Wildman–Crippen MR) is 46.5 cm³/mol. The minimum absolute atomic E-state index is 1.21. The van der Waals surface area contributed by atoms with E-state index in [1.165, 1.54) is 0 Å². The second-order valence-electron chi connectivity index (χ2n) is 2.73. The molecule has 0 bridgehead atoms. The molecule has 0 saturated heterocycles. The zero-order chi connectivity index (χ0) is 13.3. The maximum absolute atomic E-state index is 10.7. The van der Waals surface area contributed by atoms with Gasteiger partial charge in [0.15, 0.2) is 0 Å². The fraction of sp³-hybridized carbons (Fsp3) is 0. The molecule has 0 fully saturated rings. The Morgan fingerprint density at radius 3 is 1.12 bits per heavy atom. The number of carboxylic acid groups (broad SMARTS) is 4. The topological polar surface area (TPSA) is 162 Å². The molecule has 0 saturated carbocycles. The number of furan rings is 1. The summed E-state index contributed by atoms with van der Waals surface area (Å²) in [5.74, 6) is -10.1. The van der Waals surface area contributed by atoms with E-state index in [-0.39, 0.29) is 0 Å². The zero-order valence-corrected chi connectivity index (χ0v) is 7.83. The Bertz CT molecular complexity index is 489. The minimum atomic E-state index is -1.91. The van der Waals surface area contributed by atoms with Crippen molar-refractivity contribution in [2.45, 2.75) is 0 Å². The lowest BCUT2D eigenvalue weighted by atomic mass is 10.1. The number of hydrogen-bond donors (Lipinski definition) is 4. The molecule has 0 atom stereocenters. The van der Waals surface area contributed by atoms with Crippen LogP contribution < -0.4 is 0 Å². The van der Waals surface area contributed by atoms with Crippen molar-refractivity contribution in [3.63, 3.8) is 0 Å². The fourth-order valence-electron chi connectivity index (χ4n) is 1.14. The summed E-state index contributed by atoms with van der Waals surface area (Å²) in [5, 5.41) is 34.5.